The SMILES string of the molecule is Br.CC(=O)OC[C@@H](N)CCN1CC(Oc2ccc(F)cc2)C1. The van der Waals surface area contributed by atoms with E-state index < -0.39 is 0 Å². The van der Waals surface area contributed by atoms with Gasteiger partial charge in [0, 0.05) is 32.6 Å². The van der Waals surface area contributed by atoms with Crippen molar-refractivity contribution in [1.29, 1.82) is 0 Å². The Morgan fingerprint density at radius 3 is 2.64 bits per heavy atom. The van der Waals surface area contributed by atoms with Gasteiger partial charge in [0.2, 0.25) is 0 Å². The van der Waals surface area contributed by atoms with Crippen LogP contribution in [0.1, 0.15) is 13.3 Å². The number of likely N-dealkylation sites (tertiary alicyclic amines) is 1. The normalized spacial score (nSPS) is 16.3. The van der Waals surface area contributed by atoms with Gasteiger partial charge in [-0.2, -0.15) is 0 Å². The van der Waals surface area contributed by atoms with Crippen LogP contribution >= 0.6 is 17.0 Å². The van der Waals surface area contributed by atoms with Gasteiger partial charge in [-0.15, -0.1) is 17.0 Å². The molecule has 1 aromatic rings. The maximum absolute atomic E-state index is 12.8. The molecule has 0 saturated carbocycles. The number of ether oxygens (including phenoxy) is 2. The molecule has 1 saturated heterocycles. The molecule has 0 aliphatic carbocycles. The van der Waals surface area contributed by atoms with E-state index in [2.05, 4.69) is 4.90 Å². The van der Waals surface area contributed by atoms with Crippen molar-refractivity contribution < 1.29 is 18.7 Å². The summed E-state index contributed by atoms with van der Waals surface area (Å²) in [6.07, 6.45) is 0.913. The quantitative estimate of drug-likeness (QED) is 0.734. The maximum Gasteiger partial charge on any atom is 0.302 e. The van der Waals surface area contributed by atoms with Crippen LogP contribution in [0.15, 0.2) is 24.3 Å². The predicted octanol–water partition coefficient (Wildman–Crippen LogP) is 1.75. The Morgan fingerprint density at radius 2 is 2.05 bits per heavy atom. The van der Waals surface area contributed by atoms with Crippen LogP contribution < -0.4 is 10.5 Å². The zero-order valence-corrected chi connectivity index (χ0v) is 14.2. The van der Waals surface area contributed by atoms with Crippen molar-refractivity contribution in [3.63, 3.8) is 0 Å². The van der Waals surface area contributed by atoms with Gasteiger partial charge in [0.25, 0.3) is 0 Å². The van der Waals surface area contributed by atoms with E-state index in [-0.39, 0.29) is 47.5 Å². The van der Waals surface area contributed by atoms with Gasteiger partial charge in [-0.3, -0.25) is 9.69 Å². The molecule has 0 bridgehead atoms. The van der Waals surface area contributed by atoms with Crippen molar-refractivity contribution in [2.24, 2.45) is 5.73 Å². The standard InChI is InChI=1S/C15H21FN2O3.BrH/c1-11(19)20-10-13(17)6-7-18-8-15(9-18)21-14-4-2-12(16)3-5-14;/h2-5,13,15H,6-10,17H2,1H3;1H/t13-;/m0./s1. The Morgan fingerprint density at radius 1 is 1.41 bits per heavy atom. The average Bonchev–Trinajstić information content (AvgIpc) is 2.41. The van der Waals surface area contributed by atoms with E-state index in [0.717, 1.165) is 26.1 Å². The Hall–Kier alpha value is -1.18. The second-order valence-electron chi connectivity index (χ2n) is 5.30. The topological polar surface area (TPSA) is 64.8 Å². The first kappa shape index (κ1) is 18.9. The van der Waals surface area contributed by atoms with Crippen LogP contribution in [0.4, 0.5) is 4.39 Å². The van der Waals surface area contributed by atoms with E-state index in [1.165, 1.54) is 19.1 Å². The minimum atomic E-state index is -0.304. The first-order valence-electron chi connectivity index (χ1n) is 7.06. The van der Waals surface area contributed by atoms with Crippen LogP contribution in [-0.2, 0) is 9.53 Å². The number of nitrogens with zero attached hydrogens (tertiary/aromatic N) is 1. The van der Waals surface area contributed by atoms with Crippen LogP contribution in [0.3, 0.4) is 0 Å². The molecule has 1 aromatic carbocycles. The van der Waals surface area contributed by atoms with Crippen LogP contribution in [0.25, 0.3) is 0 Å². The van der Waals surface area contributed by atoms with Gasteiger partial charge in [0.1, 0.15) is 24.3 Å². The van der Waals surface area contributed by atoms with Crippen molar-refractivity contribution in [2.45, 2.75) is 25.5 Å². The minimum Gasteiger partial charge on any atom is -0.488 e. The first-order valence-corrected chi connectivity index (χ1v) is 7.06. The Bertz CT molecular complexity index is 466. The highest BCUT2D eigenvalue weighted by atomic mass is 79.9. The molecule has 1 atom stereocenters. The molecule has 7 heteroatoms. The molecule has 0 radical (unpaired) electrons. The molecule has 5 nitrogen and oxygen atoms in total. The summed E-state index contributed by atoms with van der Waals surface area (Å²) in [7, 11) is 0. The van der Waals surface area contributed by atoms with E-state index in [1.807, 2.05) is 0 Å². The minimum absolute atomic E-state index is 0. The number of halogens is 2. The summed E-state index contributed by atoms with van der Waals surface area (Å²) in [6, 6.07) is 5.91. The molecule has 22 heavy (non-hydrogen) atoms. The van der Waals surface area contributed by atoms with Gasteiger partial charge in [-0.1, -0.05) is 0 Å². The second kappa shape index (κ2) is 9.07. The molecule has 1 aliphatic heterocycles. The smallest absolute Gasteiger partial charge is 0.302 e. The number of carbonyl (C=O) groups is 1. The molecule has 1 heterocycles. The Kier molecular flexibility index (Phi) is 7.78. The molecule has 124 valence electrons. The van der Waals surface area contributed by atoms with Crippen LogP contribution in [0, 0.1) is 5.82 Å². The zero-order valence-electron chi connectivity index (χ0n) is 12.5. The highest BCUT2D eigenvalue weighted by Crippen LogP contribution is 2.18. The van der Waals surface area contributed by atoms with E-state index in [0.29, 0.717) is 5.75 Å². The predicted molar refractivity (Wildman–Crippen MR) is 86.8 cm³/mol. The lowest BCUT2D eigenvalue weighted by atomic mass is 10.1. The highest BCUT2D eigenvalue weighted by Gasteiger charge is 2.28. The molecule has 0 unspecified atom stereocenters. The largest absolute Gasteiger partial charge is 0.488 e. The van der Waals surface area contributed by atoms with Crippen LogP contribution in [0.5, 0.6) is 5.75 Å². The third-order valence-corrected chi connectivity index (χ3v) is 3.36. The van der Waals surface area contributed by atoms with Crippen molar-refractivity contribution in [2.75, 3.05) is 26.2 Å². The number of carbonyl (C=O) groups excluding carboxylic acids is 1. The van der Waals surface area contributed by atoms with Gasteiger partial charge in [0.15, 0.2) is 0 Å². The van der Waals surface area contributed by atoms with Gasteiger partial charge in [-0.05, 0) is 30.7 Å². The molecule has 0 amide bonds. The fraction of sp³-hybridized carbons (Fsp3) is 0.533. The fourth-order valence-corrected chi connectivity index (χ4v) is 2.14. The number of hydrogen-bond acceptors (Lipinski definition) is 5. The lowest BCUT2D eigenvalue weighted by Gasteiger charge is -2.39. The molecule has 2 N–H and O–H groups in total. The van der Waals surface area contributed by atoms with Crippen LogP contribution in [0.2, 0.25) is 0 Å². The molecule has 0 aromatic heterocycles. The van der Waals surface area contributed by atoms with Crippen LogP contribution in [-0.4, -0.2) is 49.3 Å². The molecule has 1 fully saturated rings. The third kappa shape index (κ3) is 6.29. The summed E-state index contributed by atoms with van der Waals surface area (Å²) in [6.45, 7) is 4.15. The van der Waals surface area contributed by atoms with Gasteiger partial charge in [-0.25, -0.2) is 4.39 Å². The van der Waals surface area contributed by atoms with Crippen molar-refractivity contribution in [1.82, 2.24) is 4.90 Å². The molecule has 1 aliphatic rings. The number of hydrogen-bond donors (Lipinski definition) is 1. The number of esters is 1. The molecular formula is C15H22BrFN2O3. The van der Waals surface area contributed by atoms with E-state index in [9.17, 15) is 9.18 Å². The van der Waals surface area contributed by atoms with Gasteiger partial charge in [0.05, 0.1) is 0 Å². The maximum atomic E-state index is 12.8. The Balaban J connectivity index is 0.00000242. The number of rotatable bonds is 7. The van der Waals surface area contributed by atoms with Crippen molar-refractivity contribution >= 4 is 23.0 Å². The zero-order chi connectivity index (χ0) is 15.2. The number of benzene rings is 1. The second-order valence-corrected chi connectivity index (χ2v) is 5.30. The lowest BCUT2D eigenvalue weighted by Crippen LogP contribution is -2.54. The molecular weight excluding hydrogens is 355 g/mol. The fourth-order valence-electron chi connectivity index (χ4n) is 2.14. The van der Waals surface area contributed by atoms with E-state index in [4.69, 9.17) is 15.2 Å². The lowest BCUT2D eigenvalue weighted by molar-refractivity contribution is -0.141. The highest BCUT2D eigenvalue weighted by molar-refractivity contribution is 8.93. The van der Waals surface area contributed by atoms with Crippen molar-refractivity contribution in [3.05, 3.63) is 30.1 Å². The van der Waals surface area contributed by atoms with E-state index in [1.54, 1.807) is 12.1 Å². The van der Waals surface area contributed by atoms with Gasteiger partial charge < -0.3 is 15.2 Å². The molecule has 2 rings (SSSR count). The number of nitrogens with two attached hydrogens (primary N) is 1. The van der Waals surface area contributed by atoms with Gasteiger partial charge >= 0.3 is 5.97 Å². The third-order valence-electron chi connectivity index (χ3n) is 3.36. The summed E-state index contributed by atoms with van der Waals surface area (Å²) in [4.78, 5) is 12.9. The monoisotopic (exact) mass is 376 g/mol. The summed E-state index contributed by atoms with van der Waals surface area (Å²) < 4.78 is 23.3. The van der Waals surface area contributed by atoms with Crippen molar-refractivity contribution in [3.8, 4) is 5.75 Å². The first-order chi connectivity index (χ1) is 10.0. The summed E-state index contributed by atoms with van der Waals surface area (Å²) in [5, 5.41) is 0. The summed E-state index contributed by atoms with van der Waals surface area (Å²) in [5.74, 6) is 0.120. The summed E-state index contributed by atoms with van der Waals surface area (Å²) >= 11 is 0. The summed E-state index contributed by atoms with van der Waals surface area (Å²) in [5.41, 5.74) is 5.85. The Labute approximate surface area is 140 Å². The average molecular weight is 377 g/mol. The molecule has 0 spiro atoms. The van der Waals surface area contributed by atoms with E-state index >= 15 is 0 Å².